The number of nitrogens with zero attached hydrogens (tertiary/aromatic N) is 1. The SMILES string of the molecule is COc1cccc([C@H](CNS(=O)(=O)c2ccc3oc(=O)[nH]c3c2)N2CCCC2)c1. The molecule has 0 amide bonds. The molecule has 0 spiro atoms. The van der Waals surface area contributed by atoms with Gasteiger partial charge in [0.1, 0.15) is 5.75 Å². The van der Waals surface area contributed by atoms with Gasteiger partial charge in [-0.2, -0.15) is 0 Å². The number of likely N-dealkylation sites (tertiary alicyclic amines) is 1. The van der Waals surface area contributed by atoms with Crippen LogP contribution >= 0.6 is 0 Å². The van der Waals surface area contributed by atoms with Gasteiger partial charge >= 0.3 is 5.76 Å². The van der Waals surface area contributed by atoms with E-state index >= 15 is 0 Å². The Morgan fingerprint density at radius 2 is 2.00 bits per heavy atom. The number of sulfonamides is 1. The number of hydrogen-bond donors (Lipinski definition) is 2. The Balaban J connectivity index is 1.58. The Kier molecular flexibility index (Phi) is 5.44. The van der Waals surface area contributed by atoms with Crippen LogP contribution in [0.1, 0.15) is 24.4 Å². The van der Waals surface area contributed by atoms with Crippen molar-refractivity contribution in [3.8, 4) is 5.75 Å². The lowest BCUT2D eigenvalue weighted by Gasteiger charge is -2.28. The number of rotatable bonds is 7. The molecule has 0 bridgehead atoms. The highest BCUT2D eigenvalue weighted by molar-refractivity contribution is 7.89. The average molecular weight is 417 g/mol. The number of ether oxygens (including phenoxy) is 1. The molecule has 4 rings (SSSR count). The Morgan fingerprint density at radius 3 is 2.76 bits per heavy atom. The number of nitrogens with one attached hydrogen (secondary N) is 2. The van der Waals surface area contributed by atoms with Gasteiger partial charge in [-0.25, -0.2) is 17.9 Å². The Bertz CT molecular complexity index is 1160. The van der Waals surface area contributed by atoms with Crippen LogP contribution in [-0.2, 0) is 10.0 Å². The second kappa shape index (κ2) is 8.02. The number of benzene rings is 2. The highest BCUT2D eigenvalue weighted by Crippen LogP contribution is 2.27. The van der Waals surface area contributed by atoms with E-state index in [4.69, 9.17) is 9.15 Å². The summed E-state index contributed by atoms with van der Waals surface area (Å²) in [6, 6.07) is 11.9. The second-order valence-corrected chi connectivity index (χ2v) is 8.83. The molecule has 1 aliphatic rings. The Labute approximate surface area is 168 Å². The van der Waals surface area contributed by atoms with Gasteiger partial charge < -0.3 is 9.15 Å². The molecule has 0 aliphatic carbocycles. The fourth-order valence-electron chi connectivity index (χ4n) is 3.73. The predicted molar refractivity (Wildman–Crippen MR) is 109 cm³/mol. The summed E-state index contributed by atoms with van der Waals surface area (Å²) >= 11 is 0. The molecule has 154 valence electrons. The predicted octanol–water partition coefficient (Wildman–Crippen LogP) is 2.25. The lowest BCUT2D eigenvalue weighted by atomic mass is 10.1. The highest BCUT2D eigenvalue weighted by Gasteiger charge is 2.26. The lowest BCUT2D eigenvalue weighted by Crippen LogP contribution is -2.36. The zero-order valence-corrected chi connectivity index (χ0v) is 16.9. The van der Waals surface area contributed by atoms with Gasteiger partial charge in [0, 0.05) is 12.6 Å². The largest absolute Gasteiger partial charge is 0.497 e. The molecule has 1 aliphatic heterocycles. The first-order chi connectivity index (χ1) is 14.0. The van der Waals surface area contributed by atoms with E-state index in [-0.39, 0.29) is 17.5 Å². The van der Waals surface area contributed by atoms with E-state index in [2.05, 4.69) is 14.6 Å². The molecule has 9 heteroatoms. The van der Waals surface area contributed by atoms with Crippen LogP contribution in [0.5, 0.6) is 5.75 Å². The first-order valence-corrected chi connectivity index (χ1v) is 11.0. The normalized spacial score (nSPS) is 16.3. The molecule has 0 saturated carbocycles. The van der Waals surface area contributed by atoms with Crippen LogP contribution in [0, 0.1) is 0 Å². The number of aromatic amines is 1. The van der Waals surface area contributed by atoms with Crippen molar-refractivity contribution in [2.75, 3.05) is 26.7 Å². The highest BCUT2D eigenvalue weighted by atomic mass is 32.2. The van der Waals surface area contributed by atoms with Gasteiger partial charge in [0.2, 0.25) is 10.0 Å². The second-order valence-electron chi connectivity index (χ2n) is 7.06. The number of H-pyrrole nitrogens is 1. The van der Waals surface area contributed by atoms with Crippen LogP contribution in [0.2, 0.25) is 0 Å². The van der Waals surface area contributed by atoms with E-state index in [0.717, 1.165) is 37.2 Å². The minimum absolute atomic E-state index is 0.0767. The third kappa shape index (κ3) is 4.21. The summed E-state index contributed by atoms with van der Waals surface area (Å²) in [7, 11) is -2.15. The van der Waals surface area contributed by atoms with Crippen molar-refractivity contribution in [3.05, 3.63) is 58.6 Å². The molecule has 29 heavy (non-hydrogen) atoms. The maximum Gasteiger partial charge on any atom is 0.417 e. The van der Waals surface area contributed by atoms with Crippen LogP contribution in [0.15, 0.2) is 56.6 Å². The molecule has 0 radical (unpaired) electrons. The standard InChI is InChI=1S/C20H23N3O5S/c1-27-15-6-4-5-14(11-15)18(23-9-2-3-10-23)13-21-29(25,26)16-7-8-19-17(12-16)22-20(24)28-19/h4-8,11-12,18,21H,2-3,9-10,13H2,1H3,(H,22,24)/t18-/m0/s1. The topological polar surface area (TPSA) is 105 Å². The van der Waals surface area contributed by atoms with Gasteiger partial charge in [0.25, 0.3) is 0 Å². The van der Waals surface area contributed by atoms with Gasteiger partial charge in [0.15, 0.2) is 5.58 Å². The van der Waals surface area contributed by atoms with E-state index in [1.165, 1.54) is 18.2 Å². The van der Waals surface area contributed by atoms with E-state index in [0.29, 0.717) is 11.1 Å². The maximum atomic E-state index is 12.9. The Hall–Kier alpha value is -2.62. The molecular formula is C20H23N3O5S. The molecule has 2 aromatic carbocycles. The average Bonchev–Trinajstić information content (AvgIpc) is 3.36. The molecule has 0 unspecified atom stereocenters. The van der Waals surface area contributed by atoms with Gasteiger partial charge in [-0.05, 0) is 61.8 Å². The molecule has 2 heterocycles. The fraction of sp³-hybridized carbons (Fsp3) is 0.350. The fourth-order valence-corrected chi connectivity index (χ4v) is 4.79. The molecule has 3 aromatic rings. The van der Waals surface area contributed by atoms with Crippen LogP contribution in [0.4, 0.5) is 0 Å². The monoisotopic (exact) mass is 417 g/mol. The van der Waals surface area contributed by atoms with Crippen molar-refractivity contribution in [2.24, 2.45) is 0 Å². The minimum Gasteiger partial charge on any atom is -0.497 e. The van der Waals surface area contributed by atoms with Crippen molar-refractivity contribution in [1.29, 1.82) is 0 Å². The van der Waals surface area contributed by atoms with Crippen LogP contribution < -0.4 is 15.2 Å². The molecule has 1 saturated heterocycles. The first-order valence-electron chi connectivity index (χ1n) is 9.47. The lowest BCUT2D eigenvalue weighted by molar-refractivity contribution is 0.246. The molecule has 1 fully saturated rings. The van der Waals surface area contributed by atoms with Crippen molar-refractivity contribution in [3.63, 3.8) is 0 Å². The quantitative estimate of drug-likeness (QED) is 0.611. The van der Waals surface area contributed by atoms with Crippen molar-refractivity contribution in [2.45, 2.75) is 23.8 Å². The smallest absolute Gasteiger partial charge is 0.417 e. The van der Waals surface area contributed by atoms with Crippen LogP contribution in [0.3, 0.4) is 0 Å². The van der Waals surface area contributed by atoms with Gasteiger partial charge in [0.05, 0.1) is 17.5 Å². The third-order valence-corrected chi connectivity index (χ3v) is 6.65. The third-order valence-electron chi connectivity index (χ3n) is 5.23. The molecular weight excluding hydrogens is 394 g/mol. The summed E-state index contributed by atoms with van der Waals surface area (Å²) in [6.07, 6.45) is 2.19. The van der Waals surface area contributed by atoms with Gasteiger partial charge in [-0.3, -0.25) is 9.88 Å². The zero-order chi connectivity index (χ0) is 20.4. The molecule has 1 atom stereocenters. The number of oxazole rings is 1. The summed E-state index contributed by atoms with van der Waals surface area (Å²) in [6.45, 7) is 2.08. The van der Waals surface area contributed by atoms with Crippen LogP contribution in [0.25, 0.3) is 11.1 Å². The van der Waals surface area contributed by atoms with Gasteiger partial charge in [-0.1, -0.05) is 12.1 Å². The zero-order valence-electron chi connectivity index (χ0n) is 16.1. The first kappa shape index (κ1) is 19.7. The number of methoxy groups -OCH3 is 1. The summed E-state index contributed by atoms with van der Waals surface area (Å²) in [4.78, 5) is 16.2. The van der Waals surface area contributed by atoms with Crippen molar-refractivity contribution < 1.29 is 17.6 Å². The summed E-state index contributed by atoms with van der Waals surface area (Å²) in [5.41, 5.74) is 1.67. The van der Waals surface area contributed by atoms with Crippen molar-refractivity contribution >= 4 is 21.1 Å². The van der Waals surface area contributed by atoms with Crippen LogP contribution in [-0.4, -0.2) is 45.0 Å². The van der Waals surface area contributed by atoms with E-state index in [9.17, 15) is 13.2 Å². The minimum atomic E-state index is -3.76. The van der Waals surface area contributed by atoms with E-state index in [1.807, 2.05) is 24.3 Å². The molecule has 1 aromatic heterocycles. The molecule has 8 nitrogen and oxygen atoms in total. The number of fused-ring (bicyclic) bond motifs is 1. The summed E-state index contributed by atoms with van der Waals surface area (Å²) in [5, 5.41) is 0. The number of hydrogen-bond acceptors (Lipinski definition) is 6. The number of aromatic nitrogens is 1. The summed E-state index contributed by atoms with van der Waals surface area (Å²) < 4.78 is 38.8. The Morgan fingerprint density at radius 1 is 1.21 bits per heavy atom. The molecule has 2 N–H and O–H groups in total. The van der Waals surface area contributed by atoms with Crippen molar-refractivity contribution in [1.82, 2.24) is 14.6 Å². The maximum absolute atomic E-state index is 12.9. The summed E-state index contributed by atoms with van der Waals surface area (Å²) in [5.74, 6) is 0.124. The van der Waals surface area contributed by atoms with Gasteiger partial charge in [-0.15, -0.1) is 0 Å². The van der Waals surface area contributed by atoms with E-state index in [1.54, 1.807) is 7.11 Å². The van der Waals surface area contributed by atoms with E-state index < -0.39 is 15.8 Å².